The van der Waals surface area contributed by atoms with Gasteiger partial charge in [0.1, 0.15) is 9.90 Å². The number of halogens is 3. The zero-order chi connectivity index (χ0) is 29.7. The number of rotatable bonds is 8. The lowest BCUT2D eigenvalue weighted by molar-refractivity contribution is -0.137. The Labute approximate surface area is 233 Å². The highest BCUT2D eigenvalue weighted by Gasteiger charge is 2.30. The van der Waals surface area contributed by atoms with Gasteiger partial charge in [-0.25, -0.2) is 23.0 Å². The van der Waals surface area contributed by atoms with Gasteiger partial charge in [-0.1, -0.05) is 38.1 Å². The third-order valence-electron chi connectivity index (χ3n) is 5.92. The van der Waals surface area contributed by atoms with E-state index in [1.807, 2.05) is 0 Å². The van der Waals surface area contributed by atoms with E-state index in [-0.39, 0.29) is 15.5 Å². The Morgan fingerprint density at radius 3 is 2.10 bits per heavy atom. The van der Waals surface area contributed by atoms with Gasteiger partial charge in [0, 0.05) is 10.4 Å². The first-order chi connectivity index (χ1) is 18.8. The maximum absolute atomic E-state index is 12.8. The Bertz CT molecular complexity index is 1560. The summed E-state index contributed by atoms with van der Waals surface area (Å²) in [4.78, 5) is 14.5. The molecule has 0 bridgehead atoms. The lowest BCUT2D eigenvalue weighted by Gasteiger charge is -2.13. The maximum atomic E-state index is 12.8. The number of hydrogen-bond donors (Lipinski definition) is 2. The molecule has 0 spiro atoms. The zero-order valence-electron chi connectivity index (χ0n) is 21.9. The van der Waals surface area contributed by atoms with Gasteiger partial charge in [0.25, 0.3) is 0 Å². The summed E-state index contributed by atoms with van der Waals surface area (Å²) in [6, 6.07) is 11.5. The molecule has 4 aromatic rings. The van der Waals surface area contributed by atoms with Gasteiger partial charge in [0.2, 0.25) is 10.0 Å². The van der Waals surface area contributed by atoms with Gasteiger partial charge in [0.15, 0.2) is 0 Å². The van der Waals surface area contributed by atoms with Gasteiger partial charge in [-0.05, 0) is 67.7 Å². The van der Waals surface area contributed by atoms with Crippen molar-refractivity contribution in [3.8, 4) is 27.4 Å². The summed E-state index contributed by atoms with van der Waals surface area (Å²) in [6.07, 6.45) is -3.02. The van der Waals surface area contributed by atoms with Crippen LogP contribution in [0.4, 0.5) is 13.2 Å². The molecule has 0 atom stereocenters. The number of nitrogens with zero attached hydrogens (tertiary/aromatic N) is 4. The predicted molar refractivity (Wildman–Crippen MR) is 147 cm³/mol. The van der Waals surface area contributed by atoms with Crippen LogP contribution in [-0.2, 0) is 16.2 Å². The highest BCUT2D eigenvalue weighted by molar-refractivity contribution is 7.91. The Kier molecular flexibility index (Phi) is 9.84. The van der Waals surface area contributed by atoms with Crippen molar-refractivity contribution in [3.05, 3.63) is 71.9 Å². The quantitative estimate of drug-likeness (QED) is 0.280. The molecule has 0 saturated carbocycles. The van der Waals surface area contributed by atoms with Crippen LogP contribution in [0.1, 0.15) is 36.7 Å². The predicted octanol–water partition coefficient (Wildman–Crippen LogP) is 5.38. The topological polar surface area (TPSA) is 131 Å². The summed E-state index contributed by atoms with van der Waals surface area (Å²) in [5.41, 5.74) is 0.503. The van der Waals surface area contributed by atoms with Crippen molar-refractivity contribution in [2.24, 2.45) is 5.14 Å². The molecule has 9 nitrogen and oxygen atoms in total. The van der Waals surface area contributed by atoms with E-state index in [4.69, 9.17) is 5.14 Å². The Morgan fingerprint density at radius 1 is 1.00 bits per heavy atom. The van der Waals surface area contributed by atoms with Crippen molar-refractivity contribution in [3.63, 3.8) is 0 Å². The molecule has 0 aliphatic rings. The molecule has 40 heavy (non-hydrogen) atoms. The van der Waals surface area contributed by atoms with E-state index in [0.29, 0.717) is 21.7 Å². The van der Waals surface area contributed by atoms with E-state index in [1.54, 1.807) is 6.07 Å². The summed E-state index contributed by atoms with van der Waals surface area (Å²) < 4.78 is 62.7. The van der Waals surface area contributed by atoms with Crippen molar-refractivity contribution < 1.29 is 31.5 Å². The van der Waals surface area contributed by atoms with Crippen LogP contribution in [0, 0.1) is 0 Å². The number of hydrogen-bond acceptors (Lipinski definition) is 7. The number of carboxylic acids is 1. The number of aromatic nitrogens is 3. The fraction of sp³-hybridized carbons (Fsp3) is 0.269. The lowest BCUT2D eigenvalue weighted by atomic mass is 10.1. The van der Waals surface area contributed by atoms with Crippen LogP contribution in [0.2, 0.25) is 0 Å². The largest absolute Gasteiger partial charge is 0.478 e. The van der Waals surface area contributed by atoms with Crippen LogP contribution in [0.3, 0.4) is 0 Å². The van der Waals surface area contributed by atoms with Crippen LogP contribution in [0.25, 0.3) is 27.4 Å². The van der Waals surface area contributed by atoms with E-state index in [1.165, 1.54) is 66.9 Å². The third-order valence-corrected chi connectivity index (χ3v) is 8.49. The molecule has 0 unspecified atom stereocenters. The SMILES string of the molecule is CCN(CC)CC.NS(=O)(=O)c1ccc(-c2cc(C(=O)O)cc(-n3cc(-c4ccc(C(F)(F)F)cc4)nn3)c2)s1. The second kappa shape index (κ2) is 12.7. The molecule has 0 aliphatic carbocycles. The first-order valence-corrected chi connectivity index (χ1v) is 14.5. The molecule has 214 valence electrons. The van der Waals surface area contributed by atoms with E-state index in [9.17, 15) is 31.5 Å². The number of nitrogens with two attached hydrogens (primary N) is 1. The Hall–Kier alpha value is -3.59. The molecule has 0 amide bonds. The van der Waals surface area contributed by atoms with Gasteiger partial charge in [0.05, 0.1) is 23.0 Å². The summed E-state index contributed by atoms with van der Waals surface area (Å²) in [5.74, 6) is -1.22. The lowest BCUT2D eigenvalue weighted by Crippen LogP contribution is -2.21. The minimum absolute atomic E-state index is 0.0786. The van der Waals surface area contributed by atoms with Crippen LogP contribution >= 0.6 is 11.3 Å². The molecular weight excluding hydrogens is 567 g/mol. The number of carbonyl (C=O) groups is 1. The van der Waals surface area contributed by atoms with Crippen molar-refractivity contribution >= 4 is 27.3 Å². The Balaban J connectivity index is 0.000000559. The van der Waals surface area contributed by atoms with Crippen LogP contribution in [-0.4, -0.2) is 59.0 Å². The van der Waals surface area contributed by atoms with E-state index in [0.717, 1.165) is 23.5 Å². The fourth-order valence-corrected chi connectivity index (χ4v) is 5.38. The molecular formula is C26H28F3N5O4S2. The number of carboxylic acid groups (broad SMARTS) is 1. The number of benzene rings is 2. The number of primary sulfonamides is 1. The van der Waals surface area contributed by atoms with Crippen molar-refractivity contribution in [1.82, 2.24) is 19.9 Å². The van der Waals surface area contributed by atoms with Gasteiger partial charge < -0.3 is 10.0 Å². The molecule has 3 N–H and O–H groups in total. The molecule has 0 saturated heterocycles. The molecule has 2 aromatic heterocycles. The van der Waals surface area contributed by atoms with Crippen molar-refractivity contribution in [2.45, 2.75) is 31.2 Å². The summed E-state index contributed by atoms with van der Waals surface area (Å²) in [6.45, 7) is 10.1. The number of sulfonamides is 1. The smallest absolute Gasteiger partial charge is 0.416 e. The van der Waals surface area contributed by atoms with Crippen molar-refractivity contribution in [2.75, 3.05) is 19.6 Å². The number of aromatic carboxylic acids is 1. The van der Waals surface area contributed by atoms with Gasteiger partial charge in [-0.3, -0.25) is 0 Å². The second-order valence-electron chi connectivity index (χ2n) is 8.48. The highest BCUT2D eigenvalue weighted by Crippen LogP contribution is 2.33. The average Bonchev–Trinajstić information content (AvgIpc) is 3.60. The monoisotopic (exact) mass is 595 g/mol. The summed E-state index contributed by atoms with van der Waals surface area (Å²) in [5, 5.41) is 22.5. The molecule has 2 heterocycles. The van der Waals surface area contributed by atoms with Crippen molar-refractivity contribution in [1.29, 1.82) is 0 Å². The van der Waals surface area contributed by atoms with Crippen LogP contribution < -0.4 is 5.14 Å². The van der Waals surface area contributed by atoms with Crippen LogP contribution in [0.15, 0.2) is 65.0 Å². The average molecular weight is 596 g/mol. The normalized spacial score (nSPS) is 11.8. The molecule has 14 heteroatoms. The standard InChI is InChI=1S/C20H13F3N4O4S2.C6H15N/c21-20(22,23)14-3-1-11(2-4-14)16-10-27(26-25-16)15-8-12(7-13(9-15)19(28)29)17-5-6-18(32-17)33(24,30)31;1-4-7(5-2)6-3/h1-10H,(H,28,29)(H2,24,30,31);4-6H2,1-3H3. The second-order valence-corrected chi connectivity index (χ2v) is 11.4. The minimum atomic E-state index is -4.46. The molecule has 2 aromatic carbocycles. The molecule has 4 rings (SSSR count). The third kappa shape index (κ3) is 7.75. The van der Waals surface area contributed by atoms with E-state index >= 15 is 0 Å². The van der Waals surface area contributed by atoms with Gasteiger partial charge in [-0.15, -0.1) is 16.4 Å². The maximum Gasteiger partial charge on any atom is 0.416 e. The zero-order valence-corrected chi connectivity index (χ0v) is 23.5. The Morgan fingerprint density at radius 2 is 1.62 bits per heavy atom. The molecule has 0 radical (unpaired) electrons. The van der Waals surface area contributed by atoms with E-state index < -0.39 is 27.7 Å². The first kappa shape index (κ1) is 30.9. The van der Waals surface area contributed by atoms with E-state index in [2.05, 4.69) is 36.0 Å². The van der Waals surface area contributed by atoms with Gasteiger partial charge >= 0.3 is 12.1 Å². The fourth-order valence-electron chi connectivity index (χ4n) is 3.66. The molecule has 0 fully saturated rings. The summed E-state index contributed by atoms with van der Waals surface area (Å²) >= 11 is 0.879. The summed E-state index contributed by atoms with van der Waals surface area (Å²) in [7, 11) is -3.91. The number of alkyl halides is 3. The van der Waals surface area contributed by atoms with Crippen LogP contribution in [0.5, 0.6) is 0 Å². The first-order valence-electron chi connectivity index (χ1n) is 12.1. The van der Waals surface area contributed by atoms with Gasteiger partial charge in [-0.2, -0.15) is 13.2 Å². The number of thiophene rings is 1. The highest BCUT2D eigenvalue weighted by atomic mass is 32.2. The molecule has 0 aliphatic heterocycles. The minimum Gasteiger partial charge on any atom is -0.478 e.